The van der Waals surface area contributed by atoms with Gasteiger partial charge in [0.05, 0.1) is 31.0 Å². The van der Waals surface area contributed by atoms with E-state index in [1.165, 1.54) is 7.11 Å². The van der Waals surface area contributed by atoms with Crippen molar-refractivity contribution in [3.8, 4) is 17.2 Å². The lowest BCUT2D eigenvalue weighted by atomic mass is 10.2. The summed E-state index contributed by atoms with van der Waals surface area (Å²) in [5.41, 5.74) is 6.81. The molecule has 0 aliphatic carbocycles. The number of carbonyl (C=O) groups excluding carboxylic acids is 1. The van der Waals surface area contributed by atoms with E-state index in [4.69, 9.17) is 9.47 Å². The third-order valence-electron chi connectivity index (χ3n) is 4.73. The highest BCUT2D eigenvalue weighted by Gasteiger charge is 2.10. The molecule has 0 spiro atoms. The minimum atomic E-state index is -0.334. The summed E-state index contributed by atoms with van der Waals surface area (Å²) >= 11 is 0. The van der Waals surface area contributed by atoms with E-state index >= 15 is 0 Å². The number of benzene rings is 3. The lowest BCUT2D eigenvalue weighted by molar-refractivity contribution is 0.0954. The van der Waals surface area contributed by atoms with Gasteiger partial charge in [-0.1, -0.05) is 24.3 Å². The molecule has 0 bridgehead atoms. The number of nitrogens with zero attached hydrogens (tertiary/aromatic N) is 3. The van der Waals surface area contributed by atoms with Crippen LogP contribution in [-0.4, -0.2) is 35.4 Å². The molecule has 0 radical (unpaired) electrons. The molecule has 1 heterocycles. The van der Waals surface area contributed by atoms with E-state index in [1.54, 1.807) is 30.7 Å². The van der Waals surface area contributed by atoms with Crippen LogP contribution in [0.2, 0.25) is 0 Å². The fourth-order valence-electron chi connectivity index (χ4n) is 3.20. The SMILES string of the molecule is CCOc1ccc(C(=O)N/N=C/c2ccc(-n3cnc4ccccc43)cc2)cc1OC. The van der Waals surface area contributed by atoms with Crippen molar-refractivity contribution in [2.45, 2.75) is 6.92 Å². The van der Waals surface area contributed by atoms with Crippen LogP contribution >= 0.6 is 0 Å². The number of nitrogens with one attached hydrogen (secondary N) is 1. The molecule has 0 aliphatic rings. The molecule has 1 aromatic heterocycles. The second kappa shape index (κ2) is 9.13. The van der Waals surface area contributed by atoms with Gasteiger partial charge in [0.25, 0.3) is 5.91 Å². The molecule has 1 amide bonds. The number of rotatable bonds is 7. The molecule has 0 atom stereocenters. The maximum Gasteiger partial charge on any atom is 0.271 e. The number of hydrazone groups is 1. The number of hydrogen-bond acceptors (Lipinski definition) is 5. The van der Waals surface area contributed by atoms with E-state index in [1.807, 2.05) is 60.0 Å². The van der Waals surface area contributed by atoms with Gasteiger partial charge in [-0.3, -0.25) is 9.36 Å². The van der Waals surface area contributed by atoms with Gasteiger partial charge in [0, 0.05) is 11.3 Å². The third-order valence-corrected chi connectivity index (χ3v) is 4.73. The van der Waals surface area contributed by atoms with Crippen molar-refractivity contribution in [2.75, 3.05) is 13.7 Å². The van der Waals surface area contributed by atoms with Crippen molar-refractivity contribution >= 4 is 23.2 Å². The second-order valence-electron chi connectivity index (χ2n) is 6.69. The van der Waals surface area contributed by atoms with Gasteiger partial charge in [-0.05, 0) is 55.0 Å². The highest BCUT2D eigenvalue weighted by Crippen LogP contribution is 2.28. The molecule has 0 fully saturated rings. The number of amides is 1. The smallest absolute Gasteiger partial charge is 0.271 e. The van der Waals surface area contributed by atoms with E-state index in [-0.39, 0.29) is 5.91 Å². The molecule has 4 rings (SSSR count). The first-order valence-electron chi connectivity index (χ1n) is 9.86. The van der Waals surface area contributed by atoms with Gasteiger partial charge in [0.1, 0.15) is 6.33 Å². The normalized spacial score (nSPS) is 11.0. The Balaban J connectivity index is 1.43. The predicted molar refractivity (Wildman–Crippen MR) is 120 cm³/mol. The Bertz CT molecular complexity index is 1230. The van der Waals surface area contributed by atoms with Crippen LogP contribution in [0.3, 0.4) is 0 Å². The minimum Gasteiger partial charge on any atom is -0.493 e. The quantitative estimate of drug-likeness (QED) is 0.363. The van der Waals surface area contributed by atoms with Crippen molar-refractivity contribution in [3.63, 3.8) is 0 Å². The van der Waals surface area contributed by atoms with Gasteiger partial charge in [-0.2, -0.15) is 5.10 Å². The largest absolute Gasteiger partial charge is 0.493 e. The predicted octanol–water partition coefficient (Wildman–Crippen LogP) is 4.20. The van der Waals surface area contributed by atoms with Crippen molar-refractivity contribution in [1.29, 1.82) is 0 Å². The van der Waals surface area contributed by atoms with Crippen molar-refractivity contribution in [1.82, 2.24) is 15.0 Å². The molecule has 0 unspecified atom stereocenters. The Morgan fingerprint density at radius 3 is 2.68 bits per heavy atom. The first kappa shape index (κ1) is 20.2. The average molecular weight is 414 g/mol. The van der Waals surface area contributed by atoms with Gasteiger partial charge in [0.15, 0.2) is 11.5 Å². The molecular weight excluding hydrogens is 392 g/mol. The topological polar surface area (TPSA) is 77.7 Å². The van der Waals surface area contributed by atoms with Crippen molar-refractivity contribution < 1.29 is 14.3 Å². The zero-order valence-corrected chi connectivity index (χ0v) is 17.3. The molecule has 7 heteroatoms. The second-order valence-corrected chi connectivity index (χ2v) is 6.69. The number of ether oxygens (including phenoxy) is 2. The molecule has 0 aliphatic heterocycles. The van der Waals surface area contributed by atoms with Crippen LogP contribution < -0.4 is 14.9 Å². The van der Waals surface area contributed by atoms with Crippen LogP contribution in [0.25, 0.3) is 16.7 Å². The number of imidazole rings is 1. The van der Waals surface area contributed by atoms with E-state index in [2.05, 4.69) is 15.5 Å². The maximum atomic E-state index is 12.4. The highest BCUT2D eigenvalue weighted by molar-refractivity contribution is 5.95. The third kappa shape index (κ3) is 4.40. The van der Waals surface area contributed by atoms with Crippen LogP contribution in [-0.2, 0) is 0 Å². The molecular formula is C24H22N4O3. The monoisotopic (exact) mass is 414 g/mol. The van der Waals surface area contributed by atoms with E-state index in [9.17, 15) is 4.79 Å². The standard InChI is InChI=1S/C24H22N4O3/c1-3-31-22-13-10-18(14-23(22)30-2)24(29)27-26-15-17-8-11-19(12-9-17)28-16-25-20-6-4-5-7-21(20)28/h4-16H,3H2,1-2H3,(H,27,29)/b26-15+. The Labute approximate surface area is 179 Å². The van der Waals surface area contributed by atoms with Gasteiger partial charge in [-0.15, -0.1) is 0 Å². The number of methoxy groups -OCH3 is 1. The summed E-state index contributed by atoms with van der Waals surface area (Å²) in [4.78, 5) is 16.8. The highest BCUT2D eigenvalue weighted by atomic mass is 16.5. The number of hydrogen-bond donors (Lipinski definition) is 1. The van der Waals surface area contributed by atoms with Gasteiger partial charge < -0.3 is 9.47 Å². The van der Waals surface area contributed by atoms with Crippen LogP contribution in [0.5, 0.6) is 11.5 Å². The molecule has 1 N–H and O–H groups in total. The van der Waals surface area contributed by atoms with Crippen LogP contribution in [0, 0.1) is 0 Å². The van der Waals surface area contributed by atoms with Gasteiger partial charge >= 0.3 is 0 Å². The number of fused-ring (bicyclic) bond motifs is 1. The summed E-state index contributed by atoms with van der Waals surface area (Å²) in [5.74, 6) is 0.760. The Kier molecular flexibility index (Phi) is 5.93. The molecule has 3 aromatic carbocycles. The Hall–Kier alpha value is -4.13. The minimum absolute atomic E-state index is 0.334. The molecule has 0 saturated carbocycles. The van der Waals surface area contributed by atoms with Crippen LogP contribution in [0.4, 0.5) is 0 Å². The lowest BCUT2D eigenvalue weighted by Crippen LogP contribution is -2.17. The summed E-state index contributed by atoms with van der Waals surface area (Å²) in [6, 6.07) is 20.8. The molecule has 156 valence electrons. The zero-order chi connectivity index (χ0) is 21.6. The molecule has 31 heavy (non-hydrogen) atoms. The average Bonchev–Trinajstić information content (AvgIpc) is 3.24. The first-order valence-corrected chi connectivity index (χ1v) is 9.86. The van der Waals surface area contributed by atoms with Gasteiger partial charge in [0.2, 0.25) is 0 Å². The first-order chi connectivity index (χ1) is 15.2. The summed E-state index contributed by atoms with van der Waals surface area (Å²) in [7, 11) is 1.54. The zero-order valence-electron chi connectivity index (χ0n) is 17.3. The van der Waals surface area contributed by atoms with Crippen LogP contribution in [0.15, 0.2) is 78.2 Å². The van der Waals surface area contributed by atoms with Gasteiger partial charge in [-0.25, -0.2) is 10.4 Å². The number of para-hydroxylation sites is 2. The maximum absolute atomic E-state index is 12.4. The van der Waals surface area contributed by atoms with E-state index < -0.39 is 0 Å². The summed E-state index contributed by atoms with van der Waals surface area (Å²) in [6.07, 6.45) is 3.40. The van der Waals surface area contributed by atoms with Crippen LogP contribution in [0.1, 0.15) is 22.8 Å². The summed E-state index contributed by atoms with van der Waals surface area (Å²) in [6.45, 7) is 2.40. The van der Waals surface area contributed by atoms with Crippen molar-refractivity contribution in [2.24, 2.45) is 5.10 Å². The Morgan fingerprint density at radius 2 is 1.90 bits per heavy atom. The number of aromatic nitrogens is 2. The van der Waals surface area contributed by atoms with E-state index in [0.29, 0.717) is 23.7 Å². The van der Waals surface area contributed by atoms with Crippen molar-refractivity contribution in [3.05, 3.63) is 84.2 Å². The number of carbonyl (C=O) groups is 1. The summed E-state index contributed by atoms with van der Waals surface area (Å²) in [5, 5.41) is 4.06. The fraction of sp³-hybridized carbons (Fsp3) is 0.125. The lowest BCUT2D eigenvalue weighted by Gasteiger charge is -2.10. The molecule has 7 nitrogen and oxygen atoms in total. The molecule has 0 saturated heterocycles. The fourth-order valence-corrected chi connectivity index (χ4v) is 3.20. The Morgan fingerprint density at radius 1 is 1.10 bits per heavy atom. The summed E-state index contributed by atoms with van der Waals surface area (Å²) < 4.78 is 12.8. The van der Waals surface area contributed by atoms with E-state index in [0.717, 1.165) is 22.3 Å². The molecule has 4 aromatic rings.